The molecule has 3 aromatic rings. The number of benzene rings is 2. The second-order valence-corrected chi connectivity index (χ2v) is 5.82. The summed E-state index contributed by atoms with van der Waals surface area (Å²) in [6, 6.07) is 16.5. The fourth-order valence-electron chi connectivity index (χ4n) is 2.75. The fourth-order valence-corrected chi connectivity index (χ4v) is 2.75. The van der Waals surface area contributed by atoms with Crippen molar-refractivity contribution >= 4 is 11.0 Å². The fraction of sp³-hybridized carbons (Fsp3) is 0.316. The molecule has 0 aliphatic rings. The summed E-state index contributed by atoms with van der Waals surface area (Å²) in [5, 5.41) is 0. The minimum absolute atomic E-state index is 0.141. The van der Waals surface area contributed by atoms with Crippen LogP contribution in [0, 0.1) is 0 Å². The lowest BCUT2D eigenvalue weighted by Gasteiger charge is -2.14. The van der Waals surface area contributed by atoms with Gasteiger partial charge in [0.15, 0.2) is 0 Å². The Morgan fingerprint density at radius 3 is 2.57 bits per heavy atom. The highest BCUT2D eigenvalue weighted by atomic mass is 16.5. The van der Waals surface area contributed by atoms with Crippen LogP contribution in [0.2, 0.25) is 0 Å². The Kier molecular flexibility index (Phi) is 4.63. The Bertz CT molecular complexity index is 777. The SMILES string of the molecule is CCC(N)Cn1c(Cc2ccc(OC)cc2)nc2ccccc21. The molecular weight excluding hydrogens is 286 g/mol. The summed E-state index contributed by atoms with van der Waals surface area (Å²) in [4.78, 5) is 4.81. The highest BCUT2D eigenvalue weighted by Gasteiger charge is 2.13. The second kappa shape index (κ2) is 6.84. The Balaban J connectivity index is 1.96. The maximum absolute atomic E-state index is 6.19. The molecule has 2 aromatic carbocycles. The molecule has 0 saturated heterocycles. The van der Waals surface area contributed by atoms with Crippen LogP contribution in [0.25, 0.3) is 11.0 Å². The molecule has 4 heteroatoms. The zero-order chi connectivity index (χ0) is 16.2. The van der Waals surface area contributed by atoms with E-state index in [1.165, 1.54) is 5.56 Å². The molecule has 1 atom stereocenters. The molecule has 4 nitrogen and oxygen atoms in total. The number of aromatic nitrogens is 2. The molecule has 120 valence electrons. The maximum atomic E-state index is 6.19. The summed E-state index contributed by atoms with van der Waals surface area (Å²) in [6.45, 7) is 2.91. The molecule has 2 N–H and O–H groups in total. The van der Waals surface area contributed by atoms with Crippen molar-refractivity contribution in [2.45, 2.75) is 32.4 Å². The van der Waals surface area contributed by atoms with Crippen molar-refractivity contribution < 1.29 is 4.74 Å². The molecule has 23 heavy (non-hydrogen) atoms. The van der Waals surface area contributed by atoms with Gasteiger partial charge in [-0.3, -0.25) is 0 Å². The Morgan fingerprint density at radius 1 is 1.13 bits per heavy atom. The van der Waals surface area contributed by atoms with Gasteiger partial charge in [-0.1, -0.05) is 31.2 Å². The number of rotatable bonds is 6. The van der Waals surface area contributed by atoms with Crippen LogP contribution in [0.15, 0.2) is 48.5 Å². The summed E-state index contributed by atoms with van der Waals surface area (Å²) in [7, 11) is 1.68. The van der Waals surface area contributed by atoms with Crippen LogP contribution in [0.1, 0.15) is 24.7 Å². The Morgan fingerprint density at radius 2 is 1.87 bits per heavy atom. The van der Waals surface area contributed by atoms with Crippen molar-refractivity contribution in [1.29, 1.82) is 0 Å². The number of ether oxygens (including phenoxy) is 1. The number of nitrogens with two attached hydrogens (primary N) is 1. The van der Waals surface area contributed by atoms with Crippen molar-refractivity contribution in [3.05, 3.63) is 59.9 Å². The van der Waals surface area contributed by atoms with Crippen LogP contribution in [0.4, 0.5) is 0 Å². The molecular formula is C19H23N3O. The Labute approximate surface area is 136 Å². The van der Waals surface area contributed by atoms with Gasteiger partial charge < -0.3 is 15.0 Å². The monoisotopic (exact) mass is 309 g/mol. The summed E-state index contributed by atoms with van der Waals surface area (Å²) in [6.07, 6.45) is 1.74. The van der Waals surface area contributed by atoms with Crippen LogP contribution >= 0.6 is 0 Å². The molecule has 0 amide bonds. The van der Waals surface area contributed by atoms with Crippen molar-refractivity contribution in [1.82, 2.24) is 9.55 Å². The smallest absolute Gasteiger partial charge is 0.118 e. The van der Waals surface area contributed by atoms with E-state index < -0.39 is 0 Å². The van der Waals surface area contributed by atoms with E-state index in [4.69, 9.17) is 15.5 Å². The van der Waals surface area contributed by atoms with Crippen LogP contribution in [-0.4, -0.2) is 22.7 Å². The standard InChI is InChI=1S/C19H23N3O/c1-3-15(20)13-22-18-7-5-4-6-17(18)21-19(22)12-14-8-10-16(23-2)11-9-14/h4-11,15H,3,12-13,20H2,1-2H3. The first kappa shape index (κ1) is 15.6. The lowest BCUT2D eigenvalue weighted by atomic mass is 10.1. The molecule has 1 aromatic heterocycles. The normalized spacial score (nSPS) is 12.5. The predicted octanol–water partition coefficient (Wildman–Crippen LogP) is 3.37. The minimum atomic E-state index is 0.141. The largest absolute Gasteiger partial charge is 0.497 e. The van der Waals surface area contributed by atoms with Gasteiger partial charge in [-0.15, -0.1) is 0 Å². The highest BCUT2D eigenvalue weighted by molar-refractivity contribution is 5.76. The number of hydrogen-bond acceptors (Lipinski definition) is 3. The molecule has 0 bridgehead atoms. The van der Waals surface area contributed by atoms with E-state index in [-0.39, 0.29) is 6.04 Å². The van der Waals surface area contributed by atoms with Gasteiger partial charge in [-0.2, -0.15) is 0 Å². The maximum Gasteiger partial charge on any atom is 0.118 e. The van der Waals surface area contributed by atoms with E-state index >= 15 is 0 Å². The highest BCUT2D eigenvalue weighted by Crippen LogP contribution is 2.20. The van der Waals surface area contributed by atoms with Gasteiger partial charge in [-0.25, -0.2) is 4.98 Å². The van der Waals surface area contributed by atoms with E-state index in [9.17, 15) is 0 Å². The summed E-state index contributed by atoms with van der Waals surface area (Å²) in [5.74, 6) is 1.93. The van der Waals surface area contributed by atoms with Gasteiger partial charge in [0.05, 0.1) is 18.1 Å². The average molecular weight is 309 g/mol. The number of imidazole rings is 1. The van der Waals surface area contributed by atoms with E-state index in [0.717, 1.165) is 42.0 Å². The number of fused-ring (bicyclic) bond motifs is 1. The third-order valence-corrected chi connectivity index (χ3v) is 4.20. The first-order chi connectivity index (χ1) is 11.2. The minimum Gasteiger partial charge on any atom is -0.497 e. The van der Waals surface area contributed by atoms with Crippen molar-refractivity contribution in [3.63, 3.8) is 0 Å². The van der Waals surface area contributed by atoms with Crippen LogP contribution in [0.3, 0.4) is 0 Å². The molecule has 1 unspecified atom stereocenters. The first-order valence-corrected chi connectivity index (χ1v) is 8.04. The third-order valence-electron chi connectivity index (χ3n) is 4.20. The molecule has 0 aliphatic carbocycles. The van der Waals surface area contributed by atoms with Gasteiger partial charge in [-0.05, 0) is 36.2 Å². The summed E-state index contributed by atoms with van der Waals surface area (Å²) >= 11 is 0. The topological polar surface area (TPSA) is 53.1 Å². The molecule has 0 radical (unpaired) electrons. The summed E-state index contributed by atoms with van der Waals surface area (Å²) in [5.41, 5.74) is 9.59. The van der Waals surface area contributed by atoms with Gasteiger partial charge >= 0.3 is 0 Å². The van der Waals surface area contributed by atoms with E-state index in [1.807, 2.05) is 18.2 Å². The third kappa shape index (κ3) is 3.37. The number of hydrogen-bond donors (Lipinski definition) is 1. The second-order valence-electron chi connectivity index (χ2n) is 5.82. The van der Waals surface area contributed by atoms with E-state index in [2.05, 4.69) is 41.8 Å². The van der Waals surface area contributed by atoms with Crippen LogP contribution in [-0.2, 0) is 13.0 Å². The van der Waals surface area contributed by atoms with Crippen LogP contribution in [0.5, 0.6) is 5.75 Å². The van der Waals surface area contributed by atoms with Gasteiger partial charge in [0.1, 0.15) is 11.6 Å². The molecule has 0 spiro atoms. The zero-order valence-corrected chi connectivity index (χ0v) is 13.7. The van der Waals surface area contributed by atoms with Crippen molar-refractivity contribution in [2.75, 3.05) is 7.11 Å². The molecule has 3 rings (SSSR count). The number of nitrogens with zero attached hydrogens (tertiary/aromatic N) is 2. The van der Waals surface area contributed by atoms with Gasteiger partial charge in [0.2, 0.25) is 0 Å². The predicted molar refractivity (Wildman–Crippen MR) is 93.8 cm³/mol. The molecule has 0 aliphatic heterocycles. The lowest BCUT2D eigenvalue weighted by molar-refractivity contribution is 0.414. The number of methoxy groups -OCH3 is 1. The first-order valence-electron chi connectivity index (χ1n) is 8.04. The Hall–Kier alpha value is -2.33. The molecule has 0 fully saturated rings. The quantitative estimate of drug-likeness (QED) is 0.759. The molecule has 0 saturated carbocycles. The molecule has 1 heterocycles. The van der Waals surface area contributed by atoms with Gasteiger partial charge in [0.25, 0.3) is 0 Å². The van der Waals surface area contributed by atoms with Gasteiger partial charge in [0, 0.05) is 19.0 Å². The van der Waals surface area contributed by atoms with E-state index in [1.54, 1.807) is 7.11 Å². The number of para-hydroxylation sites is 2. The average Bonchev–Trinajstić information content (AvgIpc) is 2.93. The van der Waals surface area contributed by atoms with E-state index in [0.29, 0.717) is 0 Å². The lowest BCUT2D eigenvalue weighted by Crippen LogP contribution is -2.26. The van der Waals surface area contributed by atoms with Crippen molar-refractivity contribution in [3.8, 4) is 5.75 Å². The van der Waals surface area contributed by atoms with Crippen LogP contribution < -0.4 is 10.5 Å². The summed E-state index contributed by atoms with van der Waals surface area (Å²) < 4.78 is 7.48. The van der Waals surface area contributed by atoms with Crippen molar-refractivity contribution in [2.24, 2.45) is 5.73 Å². The zero-order valence-electron chi connectivity index (χ0n) is 13.7.